The van der Waals surface area contributed by atoms with Gasteiger partial charge in [0.05, 0.1) is 16.6 Å². The molecule has 4 nitrogen and oxygen atoms in total. The van der Waals surface area contributed by atoms with Gasteiger partial charge in [-0.25, -0.2) is 0 Å². The van der Waals surface area contributed by atoms with Gasteiger partial charge in [0.2, 0.25) is 0 Å². The second-order valence-corrected chi connectivity index (χ2v) is 11.3. The van der Waals surface area contributed by atoms with Gasteiger partial charge in [-0.05, 0) is 94.0 Å². The highest BCUT2D eigenvalue weighted by Crippen LogP contribution is 2.64. The molecule has 180 valence electrons. The van der Waals surface area contributed by atoms with Crippen molar-refractivity contribution in [3.8, 4) is 0 Å². The summed E-state index contributed by atoms with van der Waals surface area (Å²) in [5.41, 5.74) is 2.70. The van der Waals surface area contributed by atoms with E-state index in [9.17, 15) is 10.2 Å². The number of nitrogens with zero attached hydrogens (tertiary/aromatic N) is 1. The van der Waals surface area contributed by atoms with Crippen LogP contribution >= 0.6 is 11.6 Å². The zero-order valence-corrected chi connectivity index (χ0v) is 21.0. The maximum Gasteiger partial charge on any atom is 0.0918 e. The van der Waals surface area contributed by atoms with Crippen LogP contribution in [0.5, 0.6) is 0 Å². The summed E-state index contributed by atoms with van der Waals surface area (Å²) in [4.78, 5) is 3.47. The van der Waals surface area contributed by atoms with Crippen molar-refractivity contribution < 1.29 is 10.2 Å². The summed E-state index contributed by atoms with van der Waals surface area (Å²) >= 11 is 7.28. The Bertz CT molecular complexity index is 929. The van der Waals surface area contributed by atoms with Crippen LogP contribution < -0.4 is 5.32 Å². The van der Waals surface area contributed by atoms with Crippen molar-refractivity contribution >= 4 is 17.7 Å². The lowest BCUT2D eigenvalue weighted by atomic mass is 9.55. The zero-order valence-electron chi connectivity index (χ0n) is 20.2. The average Bonchev–Trinajstić information content (AvgIpc) is 3.08. The molecule has 0 spiro atoms. The van der Waals surface area contributed by atoms with E-state index >= 15 is 0 Å². The molecule has 0 aliphatic heterocycles. The zero-order chi connectivity index (χ0) is 23.7. The molecule has 1 heterocycles. The summed E-state index contributed by atoms with van der Waals surface area (Å²) in [6.07, 6.45) is 19.1. The van der Waals surface area contributed by atoms with Crippen LogP contribution in [0.25, 0.3) is 6.08 Å². The van der Waals surface area contributed by atoms with Crippen LogP contribution in [0.4, 0.5) is 0 Å². The van der Waals surface area contributed by atoms with Crippen molar-refractivity contribution in [2.45, 2.75) is 74.9 Å². The number of hydrogen-bond donors (Lipinski definition) is 3. The first-order valence-electron chi connectivity index (χ1n) is 12.4. The number of rotatable bonds is 2. The molecule has 2 saturated carbocycles. The molecule has 5 rings (SSSR count). The molecule has 6 atom stereocenters. The number of aliphatic hydroxyl groups excluding tert-OH is 1. The smallest absolute Gasteiger partial charge is 0.0918 e. The largest absolute Gasteiger partial charge is 0.393 e. The molecule has 1 aromatic heterocycles. The topological polar surface area (TPSA) is 65.4 Å². The van der Waals surface area contributed by atoms with Crippen molar-refractivity contribution in [1.82, 2.24) is 10.3 Å². The molecule has 0 saturated heterocycles. The van der Waals surface area contributed by atoms with Crippen molar-refractivity contribution in [2.75, 3.05) is 14.1 Å². The van der Waals surface area contributed by atoms with Crippen LogP contribution in [-0.4, -0.2) is 45.9 Å². The molecule has 1 aromatic rings. The first-order valence-corrected chi connectivity index (χ1v) is 12.8. The molecule has 2 fully saturated rings. The Morgan fingerprint density at radius 1 is 1.15 bits per heavy atom. The molecule has 0 amide bonds. The molecule has 0 radical (unpaired) electrons. The van der Waals surface area contributed by atoms with Gasteiger partial charge in [0.15, 0.2) is 0 Å². The monoisotopic (exact) mass is 470 g/mol. The van der Waals surface area contributed by atoms with Crippen molar-refractivity contribution in [3.05, 3.63) is 59.5 Å². The van der Waals surface area contributed by atoms with Crippen LogP contribution in [0.1, 0.15) is 63.9 Å². The first kappa shape index (κ1) is 24.7. The molecule has 0 aromatic carbocycles. The molecule has 0 bridgehead atoms. The number of nitrogens with one attached hydrogen (secondary N) is 1. The summed E-state index contributed by atoms with van der Waals surface area (Å²) in [6, 6.07) is 4.01. The number of aliphatic hydroxyl groups is 2. The lowest BCUT2D eigenvalue weighted by molar-refractivity contribution is -0.110. The standard InChI is InChI=1S/C26H32ClNO2.C2H7N/c1-24-12-13-25(27)16-20-15-22(29)8-5-19(20)10-11-26(25,30)23(24)9-7-21(24)6-4-18-3-2-14-28-17-18;1-3-2/h2-4,6-7,14,16-17,19,22-23,29-30H,5,8-13,15H2,1H3;3H,1-2H3/b6-4+;/t19?,22?,23?,24?,25?,26-;/m0./s1. The second-order valence-electron chi connectivity index (χ2n) is 10.7. The fourth-order valence-corrected chi connectivity index (χ4v) is 7.20. The molecular formula is C28H39ClN2O2. The minimum absolute atomic E-state index is 0.0701. The van der Waals surface area contributed by atoms with Gasteiger partial charge < -0.3 is 15.5 Å². The summed E-state index contributed by atoms with van der Waals surface area (Å²) < 4.78 is 0. The molecular weight excluding hydrogens is 432 g/mol. The van der Waals surface area contributed by atoms with E-state index in [1.165, 1.54) is 11.1 Å². The van der Waals surface area contributed by atoms with Crippen molar-refractivity contribution in [3.63, 3.8) is 0 Å². The van der Waals surface area contributed by atoms with Gasteiger partial charge >= 0.3 is 0 Å². The Hall–Kier alpha value is -1.46. The van der Waals surface area contributed by atoms with Crippen LogP contribution in [0, 0.1) is 17.3 Å². The summed E-state index contributed by atoms with van der Waals surface area (Å²) in [5, 5.41) is 25.1. The fourth-order valence-electron chi connectivity index (χ4n) is 6.74. The van der Waals surface area contributed by atoms with Gasteiger partial charge in [-0.3, -0.25) is 4.98 Å². The Morgan fingerprint density at radius 3 is 2.67 bits per heavy atom. The third-order valence-electron chi connectivity index (χ3n) is 8.58. The lowest BCUT2D eigenvalue weighted by Gasteiger charge is -2.56. The normalized spacial score (nSPS) is 39.9. The van der Waals surface area contributed by atoms with E-state index in [1.54, 1.807) is 6.20 Å². The van der Waals surface area contributed by atoms with Crippen LogP contribution in [0.15, 0.2) is 53.9 Å². The number of pyridine rings is 1. The highest BCUT2D eigenvalue weighted by Gasteiger charge is 2.63. The maximum atomic E-state index is 12.2. The summed E-state index contributed by atoms with van der Waals surface area (Å²) in [5.74, 6) is 0.580. The van der Waals surface area contributed by atoms with Gasteiger partial charge in [-0.1, -0.05) is 42.9 Å². The van der Waals surface area contributed by atoms with Gasteiger partial charge in [0, 0.05) is 18.3 Å². The third kappa shape index (κ3) is 4.48. The number of fused-ring (bicyclic) bond motifs is 4. The predicted octanol–water partition coefficient (Wildman–Crippen LogP) is 5.27. The quantitative estimate of drug-likeness (QED) is 0.407. The molecule has 4 aliphatic carbocycles. The van der Waals surface area contributed by atoms with E-state index < -0.39 is 10.5 Å². The van der Waals surface area contributed by atoms with Crippen molar-refractivity contribution in [1.29, 1.82) is 0 Å². The van der Waals surface area contributed by atoms with E-state index in [4.69, 9.17) is 11.6 Å². The minimum atomic E-state index is -0.919. The van der Waals surface area contributed by atoms with Crippen molar-refractivity contribution in [2.24, 2.45) is 17.3 Å². The van der Waals surface area contributed by atoms with Crippen LogP contribution in [-0.2, 0) is 0 Å². The van der Waals surface area contributed by atoms with Gasteiger partial charge in [-0.15, -0.1) is 11.6 Å². The maximum absolute atomic E-state index is 12.2. The number of halogens is 1. The third-order valence-corrected chi connectivity index (χ3v) is 9.20. The van der Waals surface area contributed by atoms with E-state index in [0.717, 1.165) is 50.5 Å². The second kappa shape index (κ2) is 9.65. The van der Waals surface area contributed by atoms with E-state index in [-0.39, 0.29) is 17.4 Å². The van der Waals surface area contributed by atoms with Gasteiger partial charge in [0.1, 0.15) is 0 Å². The van der Waals surface area contributed by atoms with E-state index in [2.05, 4.69) is 47.6 Å². The first-order chi connectivity index (χ1) is 15.8. The number of hydrogen-bond acceptors (Lipinski definition) is 4. The van der Waals surface area contributed by atoms with Crippen LogP contribution in [0.3, 0.4) is 0 Å². The highest BCUT2D eigenvalue weighted by molar-refractivity contribution is 6.26. The molecule has 3 N–H and O–H groups in total. The Balaban J connectivity index is 0.000000821. The molecule has 5 heteroatoms. The lowest BCUT2D eigenvalue weighted by Crippen LogP contribution is -2.61. The SMILES string of the molecule is CC12CCC3(Cl)C=C4CC(O)CCC4CC[C@]3(O)C1CC=C2/C=C/c1cccnc1.CNC. The number of aromatic nitrogens is 1. The van der Waals surface area contributed by atoms with E-state index in [0.29, 0.717) is 12.3 Å². The number of allylic oxidation sites excluding steroid dienone is 3. The van der Waals surface area contributed by atoms with Crippen LogP contribution in [0.2, 0.25) is 0 Å². The van der Waals surface area contributed by atoms with E-state index in [1.807, 2.05) is 26.4 Å². The minimum Gasteiger partial charge on any atom is -0.393 e. The Labute approximate surface area is 203 Å². The Morgan fingerprint density at radius 2 is 1.94 bits per heavy atom. The highest BCUT2D eigenvalue weighted by atomic mass is 35.5. The molecule has 33 heavy (non-hydrogen) atoms. The summed E-state index contributed by atoms with van der Waals surface area (Å²) in [7, 11) is 3.75. The Kier molecular flexibility index (Phi) is 7.21. The van der Waals surface area contributed by atoms with Gasteiger partial charge in [0.25, 0.3) is 0 Å². The fraction of sp³-hybridized carbons (Fsp3) is 0.607. The summed E-state index contributed by atoms with van der Waals surface area (Å²) in [6.45, 7) is 2.31. The molecule has 4 aliphatic rings. The van der Waals surface area contributed by atoms with Gasteiger partial charge in [-0.2, -0.15) is 0 Å². The molecule has 5 unspecified atom stereocenters. The number of alkyl halides is 1. The predicted molar refractivity (Wildman–Crippen MR) is 136 cm³/mol. The average molecular weight is 471 g/mol.